The lowest BCUT2D eigenvalue weighted by molar-refractivity contribution is -0.116. The number of carbonyl (C=O) groups is 2. The molecule has 1 aromatic carbocycles. The van der Waals surface area contributed by atoms with Gasteiger partial charge in [0.25, 0.3) is 0 Å². The smallest absolute Gasteiger partial charge is 0.236 e. The van der Waals surface area contributed by atoms with Crippen molar-refractivity contribution in [3.05, 3.63) is 41.2 Å². The Hall–Kier alpha value is -2.92. The molecule has 158 valence electrons. The maximum Gasteiger partial charge on any atom is 0.236 e. The van der Waals surface area contributed by atoms with E-state index in [1.807, 2.05) is 19.2 Å². The van der Waals surface area contributed by atoms with Crippen LogP contribution in [0.4, 0.5) is 10.8 Å². The minimum absolute atomic E-state index is 0.0713. The fraction of sp³-hybridized carbons (Fsp3) is 0.316. The molecule has 9 nitrogen and oxygen atoms in total. The normalized spacial score (nSPS) is 10.6. The highest BCUT2D eigenvalue weighted by Gasteiger charge is 2.15. The second-order valence-electron chi connectivity index (χ2n) is 6.27. The molecule has 0 spiro atoms. The lowest BCUT2D eigenvalue weighted by atomic mass is 10.3. The molecule has 0 saturated carbocycles. The summed E-state index contributed by atoms with van der Waals surface area (Å²) in [5.74, 6) is 1.05. The average molecular weight is 447 g/mol. The Morgan fingerprint density at radius 2 is 1.93 bits per heavy atom. The highest BCUT2D eigenvalue weighted by atomic mass is 32.2. The SMILES string of the molecule is CCOc1ccc(NC(=O)Cc2nnc(SCC(=O)Nc3nc(C)cs3)n2C)cc1. The average Bonchev–Trinajstić information content (AvgIpc) is 3.27. The van der Waals surface area contributed by atoms with Gasteiger partial charge in [0.1, 0.15) is 11.6 Å². The maximum atomic E-state index is 12.3. The zero-order valence-corrected chi connectivity index (χ0v) is 18.5. The number of amides is 2. The van der Waals surface area contributed by atoms with E-state index >= 15 is 0 Å². The van der Waals surface area contributed by atoms with Crippen molar-refractivity contribution in [2.75, 3.05) is 23.0 Å². The van der Waals surface area contributed by atoms with Crippen LogP contribution in [0.1, 0.15) is 18.4 Å². The van der Waals surface area contributed by atoms with Gasteiger partial charge in [0, 0.05) is 18.1 Å². The highest BCUT2D eigenvalue weighted by molar-refractivity contribution is 7.99. The summed E-state index contributed by atoms with van der Waals surface area (Å²) in [6.45, 7) is 4.37. The predicted molar refractivity (Wildman–Crippen MR) is 117 cm³/mol. The molecular formula is C19H22N6O3S2. The first-order valence-corrected chi connectivity index (χ1v) is 11.1. The van der Waals surface area contributed by atoms with Crippen LogP contribution in [-0.4, -0.2) is 43.9 Å². The first kappa shape index (κ1) is 21.8. The molecule has 2 aromatic heterocycles. The van der Waals surface area contributed by atoms with Crippen LogP contribution >= 0.6 is 23.1 Å². The van der Waals surface area contributed by atoms with E-state index in [9.17, 15) is 9.59 Å². The van der Waals surface area contributed by atoms with Crippen molar-refractivity contribution in [3.63, 3.8) is 0 Å². The molecule has 3 aromatic rings. The largest absolute Gasteiger partial charge is 0.494 e. The Morgan fingerprint density at radius 1 is 1.17 bits per heavy atom. The number of nitrogens with zero attached hydrogens (tertiary/aromatic N) is 4. The number of benzene rings is 1. The Labute approximate surface area is 182 Å². The lowest BCUT2D eigenvalue weighted by Crippen LogP contribution is -2.17. The van der Waals surface area contributed by atoms with E-state index < -0.39 is 0 Å². The van der Waals surface area contributed by atoms with Crippen molar-refractivity contribution < 1.29 is 14.3 Å². The number of thiazole rings is 1. The minimum atomic E-state index is -0.205. The molecule has 0 saturated heterocycles. The van der Waals surface area contributed by atoms with E-state index in [1.165, 1.54) is 23.1 Å². The fourth-order valence-electron chi connectivity index (χ4n) is 2.47. The van der Waals surface area contributed by atoms with Crippen LogP contribution in [0.5, 0.6) is 5.75 Å². The van der Waals surface area contributed by atoms with Crippen LogP contribution in [0.15, 0.2) is 34.8 Å². The van der Waals surface area contributed by atoms with Crippen molar-refractivity contribution in [1.82, 2.24) is 19.7 Å². The highest BCUT2D eigenvalue weighted by Crippen LogP contribution is 2.19. The number of thioether (sulfide) groups is 1. The van der Waals surface area contributed by atoms with Gasteiger partial charge in [0.15, 0.2) is 10.3 Å². The summed E-state index contributed by atoms with van der Waals surface area (Å²) in [6, 6.07) is 7.16. The molecule has 0 aliphatic carbocycles. The van der Waals surface area contributed by atoms with E-state index in [4.69, 9.17) is 4.74 Å². The summed E-state index contributed by atoms with van der Waals surface area (Å²) in [6.07, 6.45) is 0.0713. The van der Waals surface area contributed by atoms with Gasteiger partial charge in [-0.2, -0.15) is 0 Å². The van der Waals surface area contributed by atoms with Gasteiger partial charge in [0.05, 0.1) is 24.5 Å². The molecule has 0 atom stereocenters. The van der Waals surface area contributed by atoms with Gasteiger partial charge in [0.2, 0.25) is 11.8 Å². The number of anilines is 2. The standard InChI is InChI=1S/C19H22N6O3S2/c1-4-28-14-7-5-13(6-8-14)21-16(26)9-15-23-24-19(25(15)3)30-11-17(27)22-18-20-12(2)10-29-18/h5-8,10H,4,9,11H2,1-3H3,(H,21,26)(H,20,22,27). The van der Waals surface area contributed by atoms with E-state index in [1.54, 1.807) is 35.9 Å². The molecule has 0 aliphatic rings. The molecule has 0 bridgehead atoms. The zero-order chi connectivity index (χ0) is 21.5. The first-order valence-electron chi connectivity index (χ1n) is 9.20. The summed E-state index contributed by atoms with van der Waals surface area (Å²) in [7, 11) is 1.77. The zero-order valence-electron chi connectivity index (χ0n) is 16.8. The van der Waals surface area contributed by atoms with Crippen LogP contribution in [-0.2, 0) is 23.1 Å². The maximum absolute atomic E-state index is 12.3. The number of nitrogens with one attached hydrogen (secondary N) is 2. The summed E-state index contributed by atoms with van der Waals surface area (Å²) in [5, 5.41) is 16.7. The summed E-state index contributed by atoms with van der Waals surface area (Å²) in [4.78, 5) is 28.6. The third kappa shape index (κ3) is 6.04. The Morgan fingerprint density at radius 3 is 2.60 bits per heavy atom. The van der Waals surface area contributed by atoms with Crippen LogP contribution in [0, 0.1) is 6.92 Å². The van der Waals surface area contributed by atoms with E-state index in [2.05, 4.69) is 25.8 Å². The Bertz CT molecular complexity index is 1020. The quantitative estimate of drug-likeness (QED) is 0.486. The number of aromatic nitrogens is 4. The number of carbonyl (C=O) groups excluding carboxylic acids is 2. The molecule has 2 amide bonds. The predicted octanol–water partition coefficient (Wildman–Crippen LogP) is 2.89. The first-order chi connectivity index (χ1) is 14.4. The third-order valence-corrected chi connectivity index (χ3v) is 5.79. The van der Waals surface area contributed by atoms with E-state index in [-0.39, 0.29) is 24.0 Å². The van der Waals surface area contributed by atoms with Gasteiger partial charge in [-0.15, -0.1) is 21.5 Å². The number of hydrogen-bond acceptors (Lipinski definition) is 8. The van der Waals surface area contributed by atoms with Gasteiger partial charge < -0.3 is 19.9 Å². The van der Waals surface area contributed by atoms with Crippen molar-refractivity contribution >= 4 is 45.7 Å². The number of hydrogen-bond donors (Lipinski definition) is 2. The molecule has 30 heavy (non-hydrogen) atoms. The van der Waals surface area contributed by atoms with Crippen molar-refractivity contribution in [2.45, 2.75) is 25.4 Å². The van der Waals surface area contributed by atoms with Crippen molar-refractivity contribution in [1.29, 1.82) is 0 Å². The Kier molecular flexibility index (Phi) is 7.41. The van der Waals surface area contributed by atoms with Crippen LogP contribution < -0.4 is 15.4 Å². The molecular weight excluding hydrogens is 424 g/mol. The lowest BCUT2D eigenvalue weighted by Gasteiger charge is -2.07. The molecule has 11 heteroatoms. The summed E-state index contributed by atoms with van der Waals surface area (Å²) >= 11 is 2.63. The van der Waals surface area contributed by atoms with Gasteiger partial charge in [-0.25, -0.2) is 4.98 Å². The number of aryl methyl sites for hydroxylation is 1. The topological polar surface area (TPSA) is 111 Å². The Balaban J connectivity index is 1.50. The van der Waals surface area contributed by atoms with Gasteiger partial charge in [-0.3, -0.25) is 9.59 Å². The van der Waals surface area contributed by atoms with Crippen LogP contribution in [0.3, 0.4) is 0 Å². The summed E-state index contributed by atoms with van der Waals surface area (Å²) in [5.41, 5.74) is 1.54. The second kappa shape index (κ2) is 10.2. The third-order valence-electron chi connectivity index (χ3n) is 3.89. The van der Waals surface area contributed by atoms with Crippen LogP contribution in [0.2, 0.25) is 0 Å². The van der Waals surface area contributed by atoms with Gasteiger partial charge in [-0.05, 0) is 38.1 Å². The molecule has 0 unspecified atom stereocenters. The van der Waals surface area contributed by atoms with Gasteiger partial charge in [-0.1, -0.05) is 11.8 Å². The van der Waals surface area contributed by atoms with Crippen molar-refractivity contribution in [3.8, 4) is 5.75 Å². The summed E-state index contributed by atoms with van der Waals surface area (Å²) < 4.78 is 7.10. The second-order valence-corrected chi connectivity index (χ2v) is 8.07. The molecule has 0 fully saturated rings. The molecule has 2 heterocycles. The molecule has 3 rings (SSSR count). The van der Waals surface area contributed by atoms with Crippen molar-refractivity contribution in [2.24, 2.45) is 7.05 Å². The van der Waals surface area contributed by atoms with Gasteiger partial charge >= 0.3 is 0 Å². The fourth-order valence-corrected chi connectivity index (χ4v) is 3.91. The number of rotatable bonds is 9. The molecule has 0 radical (unpaired) electrons. The number of ether oxygens (including phenoxy) is 1. The van der Waals surface area contributed by atoms with E-state index in [0.717, 1.165) is 11.4 Å². The van der Waals surface area contributed by atoms with Crippen LogP contribution in [0.25, 0.3) is 0 Å². The van der Waals surface area contributed by atoms with E-state index in [0.29, 0.717) is 28.4 Å². The monoisotopic (exact) mass is 446 g/mol. The molecule has 2 N–H and O–H groups in total. The minimum Gasteiger partial charge on any atom is -0.494 e. The molecule has 0 aliphatic heterocycles.